The molecule has 152 valence electrons. The van der Waals surface area contributed by atoms with E-state index in [-0.39, 0.29) is 5.91 Å². The van der Waals surface area contributed by atoms with Crippen molar-refractivity contribution in [3.63, 3.8) is 0 Å². The summed E-state index contributed by atoms with van der Waals surface area (Å²) in [5, 5.41) is 14.3. The Bertz CT molecular complexity index is 1330. The monoisotopic (exact) mass is 427 g/mol. The molecule has 0 radical (unpaired) electrons. The third-order valence-electron chi connectivity index (χ3n) is 5.10. The van der Waals surface area contributed by atoms with Gasteiger partial charge < -0.3 is 11.1 Å². The second-order valence-electron chi connectivity index (χ2n) is 7.09. The Balaban J connectivity index is 1.24. The van der Waals surface area contributed by atoms with Crippen molar-refractivity contribution in [2.24, 2.45) is 5.73 Å². The predicted molar refractivity (Wildman–Crippen MR) is 121 cm³/mol. The van der Waals surface area contributed by atoms with Gasteiger partial charge in [-0.05, 0) is 29.7 Å². The summed E-state index contributed by atoms with van der Waals surface area (Å²) >= 11 is 1.39. The van der Waals surface area contributed by atoms with Gasteiger partial charge in [0.2, 0.25) is 17.0 Å². The molecule has 0 atom stereocenters. The Morgan fingerprint density at radius 2 is 1.61 bits per heavy atom. The van der Waals surface area contributed by atoms with Gasteiger partial charge in [-0.15, -0.1) is 10.2 Å². The lowest BCUT2D eigenvalue weighted by atomic mass is 10.0. The zero-order valence-corrected chi connectivity index (χ0v) is 17.1. The average molecular weight is 427 g/mol. The minimum Gasteiger partial charge on any atom is -0.366 e. The van der Waals surface area contributed by atoms with Crippen molar-refractivity contribution in [3.05, 3.63) is 66.2 Å². The first-order valence-electron chi connectivity index (χ1n) is 9.70. The normalized spacial score (nSPS) is 11.4. The molecule has 0 aliphatic heterocycles. The highest BCUT2D eigenvalue weighted by atomic mass is 32.2. The van der Waals surface area contributed by atoms with Crippen LogP contribution < -0.4 is 11.1 Å². The van der Waals surface area contributed by atoms with Crippen LogP contribution in [0.3, 0.4) is 0 Å². The summed E-state index contributed by atoms with van der Waals surface area (Å²) in [6, 6.07) is 18.7. The van der Waals surface area contributed by atoms with Gasteiger partial charge in [-0.25, -0.2) is 4.98 Å². The van der Waals surface area contributed by atoms with Gasteiger partial charge in [0, 0.05) is 39.9 Å². The SMILES string of the molecule is NC(=O)c1ccc(NC(=O)CCSc2nnc3c(n2)-c2cccc4cccc-3c24)cc1. The van der Waals surface area contributed by atoms with Crippen LogP contribution in [-0.2, 0) is 4.79 Å². The largest absolute Gasteiger partial charge is 0.366 e. The molecule has 0 spiro atoms. The summed E-state index contributed by atoms with van der Waals surface area (Å²) in [5.74, 6) is -0.120. The number of rotatable bonds is 6. The van der Waals surface area contributed by atoms with Crippen LogP contribution >= 0.6 is 11.8 Å². The summed E-state index contributed by atoms with van der Waals surface area (Å²) < 4.78 is 0. The zero-order chi connectivity index (χ0) is 21.4. The van der Waals surface area contributed by atoms with Crippen molar-refractivity contribution < 1.29 is 9.59 Å². The average Bonchev–Trinajstić information content (AvgIpc) is 3.10. The van der Waals surface area contributed by atoms with E-state index in [1.807, 2.05) is 18.2 Å². The first-order valence-corrected chi connectivity index (χ1v) is 10.7. The summed E-state index contributed by atoms with van der Waals surface area (Å²) in [6.45, 7) is 0. The third-order valence-corrected chi connectivity index (χ3v) is 5.94. The van der Waals surface area contributed by atoms with Crippen LogP contribution in [0, 0.1) is 0 Å². The molecule has 1 aliphatic carbocycles. The van der Waals surface area contributed by atoms with Crippen molar-refractivity contribution >= 4 is 40.0 Å². The maximum atomic E-state index is 12.2. The molecule has 0 saturated heterocycles. The van der Waals surface area contributed by atoms with Gasteiger partial charge in [-0.2, -0.15) is 0 Å². The first kappa shape index (κ1) is 19.2. The van der Waals surface area contributed by atoms with E-state index < -0.39 is 5.91 Å². The van der Waals surface area contributed by atoms with Gasteiger partial charge in [0.25, 0.3) is 0 Å². The fraction of sp³-hybridized carbons (Fsp3) is 0.0870. The van der Waals surface area contributed by atoms with Crippen LogP contribution in [0.25, 0.3) is 33.3 Å². The van der Waals surface area contributed by atoms with E-state index in [0.717, 1.165) is 33.3 Å². The van der Waals surface area contributed by atoms with Crippen LogP contribution in [0.2, 0.25) is 0 Å². The maximum Gasteiger partial charge on any atom is 0.248 e. The van der Waals surface area contributed by atoms with Crippen molar-refractivity contribution in [1.29, 1.82) is 0 Å². The Labute approximate surface area is 182 Å². The third kappa shape index (κ3) is 3.62. The number of hydrogen-bond donors (Lipinski definition) is 2. The number of benzene rings is 3. The van der Waals surface area contributed by atoms with Crippen LogP contribution in [0.5, 0.6) is 0 Å². The van der Waals surface area contributed by atoms with Gasteiger partial charge in [0.15, 0.2) is 0 Å². The van der Waals surface area contributed by atoms with Crippen LogP contribution in [0.4, 0.5) is 5.69 Å². The summed E-state index contributed by atoms with van der Waals surface area (Å²) in [5.41, 5.74) is 9.99. The highest BCUT2D eigenvalue weighted by Crippen LogP contribution is 2.44. The number of anilines is 1. The van der Waals surface area contributed by atoms with E-state index in [2.05, 4.69) is 33.7 Å². The van der Waals surface area contributed by atoms with Crippen molar-refractivity contribution in [2.45, 2.75) is 11.6 Å². The van der Waals surface area contributed by atoms with Crippen molar-refractivity contribution in [1.82, 2.24) is 15.2 Å². The molecule has 1 aromatic heterocycles. The van der Waals surface area contributed by atoms with Gasteiger partial charge >= 0.3 is 0 Å². The van der Waals surface area contributed by atoms with Gasteiger partial charge in [0.05, 0.1) is 0 Å². The molecule has 3 N–H and O–H groups in total. The molecule has 4 aromatic rings. The lowest BCUT2D eigenvalue weighted by molar-refractivity contribution is -0.115. The van der Waals surface area contributed by atoms with E-state index in [9.17, 15) is 9.59 Å². The minimum absolute atomic E-state index is 0.134. The number of amides is 2. The Morgan fingerprint density at radius 3 is 2.32 bits per heavy atom. The molecule has 2 amide bonds. The molecule has 7 nitrogen and oxygen atoms in total. The highest BCUT2D eigenvalue weighted by molar-refractivity contribution is 7.99. The standard InChI is InChI=1S/C23H17N5O2S/c24-22(30)14-7-9-15(10-8-14)25-18(29)11-12-31-23-26-20-16-5-1-3-13-4-2-6-17(19(13)16)21(20)27-28-23/h1-10H,11-12H2,(H2,24,30)(H,25,29). The van der Waals surface area contributed by atoms with Crippen LogP contribution in [0.1, 0.15) is 16.8 Å². The molecule has 0 unspecified atom stereocenters. The number of fused-ring (bicyclic) bond motifs is 3. The highest BCUT2D eigenvalue weighted by Gasteiger charge is 2.24. The van der Waals surface area contributed by atoms with E-state index in [4.69, 9.17) is 10.7 Å². The Kier molecular flexibility index (Phi) is 4.83. The molecule has 3 aromatic carbocycles. The number of nitrogens with one attached hydrogen (secondary N) is 1. The lowest BCUT2D eigenvalue weighted by Gasteiger charge is -2.06. The van der Waals surface area contributed by atoms with Gasteiger partial charge in [-0.3, -0.25) is 9.59 Å². The second-order valence-corrected chi connectivity index (χ2v) is 8.15. The number of aromatic nitrogens is 3. The number of hydrogen-bond acceptors (Lipinski definition) is 6. The lowest BCUT2D eigenvalue weighted by Crippen LogP contribution is -2.13. The molecule has 1 aliphatic rings. The smallest absolute Gasteiger partial charge is 0.248 e. The van der Waals surface area contributed by atoms with Crippen molar-refractivity contribution in [2.75, 3.05) is 11.1 Å². The molecule has 0 bridgehead atoms. The number of thioether (sulfide) groups is 1. The summed E-state index contributed by atoms with van der Waals surface area (Å²) in [7, 11) is 0. The number of carbonyl (C=O) groups is 2. The first-order chi connectivity index (χ1) is 15.1. The topological polar surface area (TPSA) is 111 Å². The molecule has 0 fully saturated rings. The molecular weight excluding hydrogens is 410 g/mol. The number of primary amides is 1. The van der Waals surface area contributed by atoms with Crippen LogP contribution in [0.15, 0.2) is 65.8 Å². The maximum absolute atomic E-state index is 12.2. The second kappa shape index (κ2) is 7.81. The van der Waals surface area contributed by atoms with E-state index in [1.54, 1.807) is 24.3 Å². The minimum atomic E-state index is -0.503. The van der Waals surface area contributed by atoms with E-state index in [0.29, 0.717) is 28.6 Å². The molecule has 8 heteroatoms. The zero-order valence-electron chi connectivity index (χ0n) is 16.3. The number of carbonyl (C=O) groups excluding carboxylic acids is 2. The summed E-state index contributed by atoms with van der Waals surface area (Å²) in [4.78, 5) is 28.0. The fourth-order valence-electron chi connectivity index (χ4n) is 3.65. The number of nitrogens with zero attached hydrogens (tertiary/aromatic N) is 3. The molecular formula is C23H17N5O2S. The van der Waals surface area contributed by atoms with Crippen molar-refractivity contribution in [3.8, 4) is 22.5 Å². The Hall–Kier alpha value is -3.78. The van der Waals surface area contributed by atoms with Crippen LogP contribution in [-0.4, -0.2) is 32.7 Å². The fourth-order valence-corrected chi connectivity index (χ4v) is 4.38. The molecule has 0 saturated carbocycles. The quantitative estimate of drug-likeness (QED) is 0.398. The molecule has 5 rings (SSSR count). The Morgan fingerprint density at radius 1 is 0.903 bits per heavy atom. The molecule has 1 heterocycles. The van der Waals surface area contributed by atoms with E-state index in [1.165, 1.54) is 11.8 Å². The number of nitrogens with two attached hydrogens (primary N) is 1. The van der Waals surface area contributed by atoms with Gasteiger partial charge in [-0.1, -0.05) is 48.2 Å². The summed E-state index contributed by atoms with van der Waals surface area (Å²) in [6.07, 6.45) is 0.290. The molecule has 31 heavy (non-hydrogen) atoms. The predicted octanol–water partition coefficient (Wildman–Crippen LogP) is 3.89. The van der Waals surface area contributed by atoms with Gasteiger partial charge in [0.1, 0.15) is 11.4 Å². The van der Waals surface area contributed by atoms with E-state index >= 15 is 0 Å².